The van der Waals surface area contributed by atoms with Gasteiger partial charge in [-0.1, -0.05) is 19.8 Å². The predicted molar refractivity (Wildman–Crippen MR) is 60.5 cm³/mol. The molecule has 1 atom stereocenters. The number of rotatable bonds is 6. The van der Waals surface area contributed by atoms with Gasteiger partial charge in [0, 0.05) is 19.2 Å². The van der Waals surface area contributed by atoms with E-state index in [-0.39, 0.29) is 0 Å². The van der Waals surface area contributed by atoms with E-state index >= 15 is 0 Å². The number of nitrogens with one attached hydrogen (secondary N) is 1. The number of hydrogen-bond acceptors (Lipinski definition) is 2. The molecule has 0 bridgehead atoms. The second-order valence-corrected chi connectivity index (χ2v) is 4.96. The van der Waals surface area contributed by atoms with Crippen molar-refractivity contribution in [2.24, 2.45) is 5.41 Å². The lowest BCUT2D eigenvalue weighted by Crippen LogP contribution is -2.38. The second kappa shape index (κ2) is 5.72. The standard InChI is InChI=1S/C12H25NO/c1-4-14-9-11(2)13-10-12(3)7-5-6-8-12/h11,13H,4-10H2,1-3H3. The summed E-state index contributed by atoms with van der Waals surface area (Å²) >= 11 is 0. The fourth-order valence-corrected chi connectivity index (χ4v) is 2.18. The van der Waals surface area contributed by atoms with Crippen molar-refractivity contribution in [1.29, 1.82) is 0 Å². The highest BCUT2D eigenvalue weighted by molar-refractivity contribution is 4.83. The molecule has 84 valence electrons. The van der Waals surface area contributed by atoms with Gasteiger partial charge in [-0.05, 0) is 32.1 Å². The van der Waals surface area contributed by atoms with Crippen LogP contribution in [0.25, 0.3) is 0 Å². The van der Waals surface area contributed by atoms with Crippen LogP contribution in [0, 0.1) is 5.41 Å². The summed E-state index contributed by atoms with van der Waals surface area (Å²) in [5, 5.41) is 3.57. The highest BCUT2D eigenvalue weighted by Gasteiger charge is 2.28. The first-order valence-electron chi connectivity index (χ1n) is 5.97. The normalized spacial score (nSPS) is 22.5. The van der Waals surface area contributed by atoms with E-state index in [1.807, 2.05) is 6.92 Å². The Morgan fingerprint density at radius 3 is 2.57 bits per heavy atom. The maximum absolute atomic E-state index is 5.38. The molecule has 2 heteroatoms. The Morgan fingerprint density at radius 1 is 1.36 bits per heavy atom. The van der Waals surface area contributed by atoms with Gasteiger partial charge in [0.05, 0.1) is 6.61 Å². The van der Waals surface area contributed by atoms with E-state index in [2.05, 4.69) is 19.2 Å². The smallest absolute Gasteiger partial charge is 0.0616 e. The number of ether oxygens (including phenoxy) is 1. The zero-order valence-corrected chi connectivity index (χ0v) is 9.94. The van der Waals surface area contributed by atoms with Crippen LogP contribution in [0.15, 0.2) is 0 Å². The molecule has 1 fully saturated rings. The van der Waals surface area contributed by atoms with Crippen molar-refractivity contribution in [1.82, 2.24) is 5.32 Å². The Balaban J connectivity index is 2.12. The lowest BCUT2D eigenvalue weighted by Gasteiger charge is -2.26. The van der Waals surface area contributed by atoms with Crippen molar-refractivity contribution in [3.05, 3.63) is 0 Å². The zero-order valence-electron chi connectivity index (χ0n) is 9.94. The molecule has 0 aromatic carbocycles. The summed E-state index contributed by atoms with van der Waals surface area (Å²) in [4.78, 5) is 0. The second-order valence-electron chi connectivity index (χ2n) is 4.96. The van der Waals surface area contributed by atoms with Gasteiger partial charge in [0.25, 0.3) is 0 Å². The predicted octanol–water partition coefficient (Wildman–Crippen LogP) is 2.58. The minimum Gasteiger partial charge on any atom is -0.380 e. The molecule has 0 heterocycles. The molecule has 1 aliphatic rings. The number of hydrogen-bond donors (Lipinski definition) is 1. The molecule has 0 amide bonds. The van der Waals surface area contributed by atoms with Gasteiger partial charge < -0.3 is 10.1 Å². The molecule has 0 aromatic heterocycles. The van der Waals surface area contributed by atoms with E-state index < -0.39 is 0 Å². The molecule has 1 aliphatic carbocycles. The van der Waals surface area contributed by atoms with Crippen LogP contribution in [0.3, 0.4) is 0 Å². The fraction of sp³-hybridized carbons (Fsp3) is 1.00. The quantitative estimate of drug-likeness (QED) is 0.710. The van der Waals surface area contributed by atoms with Crippen molar-refractivity contribution in [3.8, 4) is 0 Å². The van der Waals surface area contributed by atoms with Crippen LogP contribution in [0.4, 0.5) is 0 Å². The molecule has 0 radical (unpaired) electrons. The molecular formula is C12H25NO. The Hall–Kier alpha value is -0.0800. The third kappa shape index (κ3) is 3.97. The summed E-state index contributed by atoms with van der Waals surface area (Å²) in [6.45, 7) is 9.47. The van der Waals surface area contributed by atoms with Crippen molar-refractivity contribution < 1.29 is 4.74 Å². The molecule has 1 N–H and O–H groups in total. The molecular weight excluding hydrogens is 174 g/mol. The fourth-order valence-electron chi connectivity index (χ4n) is 2.18. The summed E-state index contributed by atoms with van der Waals surface area (Å²) in [6.07, 6.45) is 5.61. The van der Waals surface area contributed by atoms with Gasteiger partial charge in [-0.15, -0.1) is 0 Å². The Morgan fingerprint density at radius 2 is 2.00 bits per heavy atom. The molecule has 1 rings (SSSR count). The van der Waals surface area contributed by atoms with Crippen molar-refractivity contribution in [2.45, 2.75) is 52.5 Å². The van der Waals surface area contributed by atoms with Gasteiger partial charge in [-0.25, -0.2) is 0 Å². The van der Waals surface area contributed by atoms with E-state index in [0.29, 0.717) is 11.5 Å². The third-order valence-corrected chi connectivity index (χ3v) is 3.26. The first-order chi connectivity index (χ1) is 6.66. The lowest BCUT2D eigenvalue weighted by molar-refractivity contribution is 0.122. The van der Waals surface area contributed by atoms with Gasteiger partial charge in [-0.3, -0.25) is 0 Å². The molecule has 0 aliphatic heterocycles. The van der Waals surface area contributed by atoms with E-state index in [9.17, 15) is 0 Å². The van der Waals surface area contributed by atoms with Crippen LogP contribution >= 0.6 is 0 Å². The van der Waals surface area contributed by atoms with Crippen LogP contribution in [0.1, 0.15) is 46.5 Å². The average Bonchev–Trinajstić information content (AvgIpc) is 2.60. The summed E-state index contributed by atoms with van der Waals surface area (Å²) in [7, 11) is 0. The van der Waals surface area contributed by atoms with Crippen LogP contribution in [0.5, 0.6) is 0 Å². The van der Waals surface area contributed by atoms with Gasteiger partial charge in [0.2, 0.25) is 0 Å². The Labute approximate surface area is 88.4 Å². The highest BCUT2D eigenvalue weighted by atomic mass is 16.5. The van der Waals surface area contributed by atoms with Crippen LogP contribution in [-0.4, -0.2) is 25.8 Å². The van der Waals surface area contributed by atoms with E-state index in [0.717, 1.165) is 19.8 Å². The molecule has 0 aromatic rings. The minimum atomic E-state index is 0.493. The van der Waals surface area contributed by atoms with Gasteiger partial charge in [0.15, 0.2) is 0 Å². The lowest BCUT2D eigenvalue weighted by atomic mass is 9.89. The van der Waals surface area contributed by atoms with Crippen molar-refractivity contribution in [3.63, 3.8) is 0 Å². The summed E-state index contributed by atoms with van der Waals surface area (Å²) in [5.41, 5.74) is 0.556. The largest absolute Gasteiger partial charge is 0.380 e. The minimum absolute atomic E-state index is 0.493. The topological polar surface area (TPSA) is 21.3 Å². The highest BCUT2D eigenvalue weighted by Crippen LogP contribution is 2.36. The summed E-state index contributed by atoms with van der Waals surface area (Å²) in [6, 6.07) is 0.493. The molecule has 14 heavy (non-hydrogen) atoms. The molecule has 2 nitrogen and oxygen atoms in total. The Bertz CT molecular complexity index is 152. The molecule has 0 saturated heterocycles. The van der Waals surface area contributed by atoms with Gasteiger partial charge in [0.1, 0.15) is 0 Å². The molecule has 0 spiro atoms. The maximum atomic E-state index is 5.38. The van der Waals surface area contributed by atoms with E-state index in [4.69, 9.17) is 4.74 Å². The monoisotopic (exact) mass is 199 g/mol. The Kier molecular flexibility index (Phi) is 4.90. The third-order valence-electron chi connectivity index (χ3n) is 3.26. The first-order valence-corrected chi connectivity index (χ1v) is 5.97. The summed E-state index contributed by atoms with van der Waals surface area (Å²) < 4.78 is 5.38. The van der Waals surface area contributed by atoms with Crippen LogP contribution in [0.2, 0.25) is 0 Å². The van der Waals surface area contributed by atoms with E-state index in [1.165, 1.54) is 25.7 Å². The van der Waals surface area contributed by atoms with Gasteiger partial charge >= 0.3 is 0 Å². The molecule has 1 unspecified atom stereocenters. The zero-order chi connectivity index (χ0) is 10.4. The SMILES string of the molecule is CCOCC(C)NCC1(C)CCCC1. The van der Waals surface area contributed by atoms with Crippen molar-refractivity contribution in [2.75, 3.05) is 19.8 Å². The summed E-state index contributed by atoms with van der Waals surface area (Å²) in [5.74, 6) is 0. The average molecular weight is 199 g/mol. The van der Waals surface area contributed by atoms with Crippen LogP contribution in [-0.2, 0) is 4.74 Å². The first kappa shape index (κ1) is 12.0. The maximum Gasteiger partial charge on any atom is 0.0616 e. The molecule has 1 saturated carbocycles. The van der Waals surface area contributed by atoms with E-state index in [1.54, 1.807) is 0 Å². The van der Waals surface area contributed by atoms with Crippen molar-refractivity contribution >= 4 is 0 Å². The van der Waals surface area contributed by atoms with Crippen LogP contribution < -0.4 is 5.32 Å². The van der Waals surface area contributed by atoms with Gasteiger partial charge in [-0.2, -0.15) is 0 Å².